The highest BCUT2D eigenvalue weighted by Gasteiger charge is 2.30. The molecule has 0 aliphatic carbocycles. The Kier molecular flexibility index (Phi) is 6.13. The van der Waals surface area contributed by atoms with Crippen molar-refractivity contribution in [3.05, 3.63) is 53.6 Å². The number of aryl methyl sites for hydroxylation is 1. The third kappa shape index (κ3) is 5.98. The number of benzene rings is 2. The van der Waals surface area contributed by atoms with Crippen molar-refractivity contribution in [1.82, 2.24) is 0 Å². The largest absolute Gasteiger partial charge is 0.573 e. The van der Waals surface area contributed by atoms with Crippen molar-refractivity contribution in [3.8, 4) is 11.5 Å². The molecule has 2 aromatic rings. The first-order chi connectivity index (χ1) is 12.1. The van der Waals surface area contributed by atoms with Crippen LogP contribution in [0.5, 0.6) is 11.5 Å². The summed E-state index contributed by atoms with van der Waals surface area (Å²) in [5, 5.41) is 2.56. The van der Waals surface area contributed by atoms with E-state index >= 15 is 0 Å². The summed E-state index contributed by atoms with van der Waals surface area (Å²) in [4.78, 5) is 12.0. The minimum absolute atomic E-state index is 0.205. The molecule has 0 atom stereocenters. The zero-order valence-electron chi connectivity index (χ0n) is 14.7. The van der Waals surface area contributed by atoms with Crippen molar-refractivity contribution in [2.75, 3.05) is 11.9 Å². The summed E-state index contributed by atoms with van der Waals surface area (Å²) in [5.74, 6) is 0.196. The highest BCUT2D eigenvalue weighted by Crippen LogP contribution is 2.25. The van der Waals surface area contributed by atoms with Gasteiger partial charge in [0.05, 0.1) is 0 Å². The van der Waals surface area contributed by atoms with Gasteiger partial charge in [-0.15, -0.1) is 13.2 Å². The lowest BCUT2D eigenvalue weighted by Crippen LogP contribution is -2.20. The number of hydrogen-bond donors (Lipinski definition) is 1. The minimum Gasteiger partial charge on any atom is -0.483 e. The van der Waals surface area contributed by atoms with Gasteiger partial charge in [-0.2, -0.15) is 0 Å². The lowest BCUT2D eigenvalue weighted by atomic mass is 10.0. The van der Waals surface area contributed by atoms with Crippen LogP contribution in [0.3, 0.4) is 0 Å². The second-order valence-corrected chi connectivity index (χ2v) is 6.09. The van der Waals surface area contributed by atoms with Gasteiger partial charge in [0.2, 0.25) is 0 Å². The Balaban J connectivity index is 1.92. The van der Waals surface area contributed by atoms with Gasteiger partial charge in [-0.3, -0.25) is 4.79 Å². The van der Waals surface area contributed by atoms with Gasteiger partial charge in [0.15, 0.2) is 6.61 Å². The van der Waals surface area contributed by atoms with Gasteiger partial charge in [-0.25, -0.2) is 0 Å². The van der Waals surface area contributed by atoms with E-state index in [1.807, 2.05) is 25.1 Å². The fourth-order valence-electron chi connectivity index (χ4n) is 2.21. The number of halogens is 3. The van der Waals surface area contributed by atoms with E-state index in [1.54, 1.807) is 0 Å². The van der Waals surface area contributed by atoms with Gasteiger partial charge in [-0.1, -0.05) is 26.0 Å². The van der Waals surface area contributed by atoms with E-state index in [9.17, 15) is 18.0 Å². The van der Waals surface area contributed by atoms with Gasteiger partial charge >= 0.3 is 6.36 Å². The number of nitrogens with one attached hydrogen (secondary N) is 1. The van der Waals surface area contributed by atoms with Crippen molar-refractivity contribution in [2.24, 2.45) is 0 Å². The van der Waals surface area contributed by atoms with Crippen LogP contribution < -0.4 is 14.8 Å². The van der Waals surface area contributed by atoms with Crippen LogP contribution in [0.15, 0.2) is 42.5 Å². The number of amides is 1. The summed E-state index contributed by atoms with van der Waals surface area (Å²) in [6, 6.07) is 10.7. The molecular weight excluding hydrogens is 347 g/mol. The first-order valence-corrected chi connectivity index (χ1v) is 8.03. The number of hydrogen-bond acceptors (Lipinski definition) is 3. The molecule has 0 aliphatic heterocycles. The Morgan fingerprint density at radius 1 is 1.12 bits per heavy atom. The third-order valence-electron chi connectivity index (χ3n) is 3.61. The molecule has 0 bridgehead atoms. The lowest BCUT2D eigenvalue weighted by molar-refractivity contribution is -0.274. The van der Waals surface area contributed by atoms with Crippen LogP contribution in [0.4, 0.5) is 18.9 Å². The molecule has 0 aliphatic rings. The number of rotatable bonds is 6. The molecule has 1 amide bonds. The summed E-state index contributed by atoms with van der Waals surface area (Å²) in [6.45, 7) is 5.81. The normalized spacial score (nSPS) is 11.3. The summed E-state index contributed by atoms with van der Waals surface area (Å²) in [7, 11) is 0. The van der Waals surface area contributed by atoms with Crippen molar-refractivity contribution >= 4 is 11.6 Å². The molecule has 2 rings (SSSR count). The second-order valence-electron chi connectivity index (χ2n) is 6.09. The van der Waals surface area contributed by atoms with E-state index in [0.717, 1.165) is 23.3 Å². The van der Waals surface area contributed by atoms with E-state index in [4.69, 9.17) is 4.74 Å². The van der Waals surface area contributed by atoms with Gasteiger partial charge in [-0.05, 0) is 54.3 Å². The second kappa shape index (κ2) is 8.12. The molecule has 0 saturated carbocycles. The number of ether oxygens (including phenoxy) is 2. The Labute approximate surface area is 149 Å². The molecule has 140 valence electrons. The molecule has 0 saturated heterocycles. The molecule has 2 aromatic carbocycles. The predicted octanol–water partition coefficient (Wildman–Crippen LogP) is 5.03. The van der Waals surface area contributed by atoms with Crippen LogP contribution in [-0.2, 0) is 4.79 Å². The molecule has 7 heteroatoms. The maximum absolute atomic E-state index is 12.1. The highest BCUT2D eigenvalue weighted by molar-refractivity contribution is 5.91. The number of carbonyl (C=O) groups excluding carboxylic acids is 1. The van der Waals surface area contributed by atoms with Crippen molar-refractivity contribution in [1.29, 1.82) is 0 Å². The third-order valence-corrected chi connectivity index (χ3v) is 3.61. The summed E-state index contributed by atoms with van der Waals surface area (Å²) in [6.07, 6.45) is -4.75. The molecule has 0 fully saturated rings. The molecule has 26 heavy (non-hydrogen) atoms. The maximum Gasteiger partial charge on any atom is 0.573 e. The Hall–Kier alpha value is -2.70. The Morgan fingerprint density at radius 3 is 2.35 bits per heavy atom. The lowest BCUT2D eigenvalue weighted by Gasteiger charge is -2.13. The predicted molar refractivity (Wildman–Crippen MR) is 92.5 cm³/mol. The molecular formula is C19H20F3NO3. The van der Waals surface area contributed by atoms with Crippen molar-refractivity contribution < 1.29 is 27.4 Å². The minimum atomic E-state index is -4.75. The first kappa shape index (κ1) is 19.6. The summed E-state index contributed by atoms with van der Waals surface area (Å²) >= 11 is 0. The topological polar surface area (TPSA) is 47.6 Å². The van der Waals surface area contributed by atoms with Crippen LogP contribution in [0.25, 0.3) is 0 Å². The highest BCUT2D eigenvalue weighted by atomic mass is 19.4. The van der Waals surface area contributed by atoms with E-state index in [-0.39, 0.29) is 12.4 Å². The van der Waals surface area contributed by atoms with E-state index < -0.39 is 12.3 Å². The zero-order valence-corrected chi connectivity index (χ0v) is 14.7. The summed E-state index contributed by atoms with van der Waals surface area (Å²) in [5.41, 5.74) is 2.36. The molecule has 0 unspecified atom stereocenters. The van der Waals surface area contributed by atoms with Gasteiger partial charge in [0.1, 0.15) is 11.5 Å². The molecule has 0 heterocycles. The quantitative estimate of drug-likeness (QED) is 0.779. The molecule has 0 aromatic heterocycles. The smallest absolute Gasteiger partial charge is 0.483 e. The van der Waals surface area contributed by atoms with Gasteiger partial charge in [0, 0.05) is 5.69 Å². The van der Waals surface area contributed by atoms with Crippen LogP contribution in [0.1, 0.15) is 30.9 Å². The standard InChI is InChI=1S/C19H20F3NO3/c1-12(2)14-5-4-13(3)17(10-14)25-11-18(24)23-15-6-8-16(9-7-15)26-19(20,21)22/h4-10,12H,11H2,1-3H3,(H,23,24). The molecule has 1 N–H and O–H groups in total. The number of carbonyl (C=O) groups is 1. The number of alkyl halides is 3. The van der Waals surface area contributed by atoms with Crippen LogP contribution >= 0.6 is 0 Å². The maximum atomic E-state index is 12.1. The Bertz CT molecular complexity index is 756. The van der Waals surface area contributed by atoms with Crippen molar-refractivity contribution in [3.63, 3.8) is 0 Å². The van der Waals surface area contributed by atoms with E-state index in [1.165, 1.54) is 12.1 Å². The number of anilines is 1. The summed E-state index contributed by atoms with van der Waals surface area (Å²) < 4.78 is 45.7. The average Bonchev–Trinajstić information content (AvgIpc) is 2.54. The molecule has 0 radical (unpaired) electrons. The molecule has 0 spiro atoms. The van der Waals surface area contributed by atoms with Crippen molar-refractivity contribution in [2.45, 2.75) is 33.1 Å². The fourth-order valence-corrected chi connectivity index (χ4v) is 2.21. The van der Waals surface area contributed by atoms with E-state index in [0.29, 0.717) is 17.4 Å². The fraction of sp³-hybridized carbons (Fsp3) is 0.316. The van der Waals surface area contributed by atoms with Gasteiger partial charge < -0.3 is 14.8 Å². The average molecular weight is 367 g/mol. The van der Waals surface area contributed by atoms with E-state index in [2.05, 4.69) is 23.9 Å². The first-order valence-electron chi connectivity index (χ1n) is 8.03. The van der Waals surface area contributed by atoms with Gasteiger partial charge in [0.25, 0.3) is 5.91 Å². The monoisotopic (exact) mass is 367 g/mol. The zero-order chi connectivity index (χ0) is 19.3. The van der Waals surface area contributed by atoms with Crippen LogP contribution in [0.2, 0.25) is 0 Å². The van der Waals surface area contributed by atoms with Crippen LogP contribution in [0, 0.1) is 6.92 Å². The molecule has 4 nitrogen and oxygen atoms in total. The van der Waals surface area contributed by atoms with Crippen LogP contribution in [-0.4, -0.2) is 18.9 Å². The Morgan fingerprint density at radius 2 is 1.77 bits per heavy atom. The SMILES string of the molecule is Cc1ccc(C(C)C)cc1OCC(=O)Nc1ccc(OC(F)(F)F)cc1.